The molecule has 2 aromatic carbocycles. The van der Waals surface area contributed by atoms with Crippen LogP contribution in [0.2, 0.25) is 15.1 Å². The van der Waals surface area contributed by atoms with Crippen molar-refractivity contribution in [1.29, 1.82) is 0 Å². The van der Waals surface area contributed by atoms with E-state index >= 15 is 0 Å². The van der Waals surface area contributed by atoms with Gasteiger partial charge in [0.2, 0.25) is 5.90 Å². The summed E-state index contributed by atoms with van der Waals surface area (Å²) in [5, 5.41) is 2.03. The first kappa shape index (κ1) is 19.5. The molecule has 2 heterocycles. The molecule has 0 atom stereocenters. The molecule has 0 N–H and O–H groups in total. The highest BCUT2D eigenvalue weighted by molar-refractivity contribution is 7.21. The Hall–Kier alpha value is -1.85. The predicted molar refractivity (Wildman–Crippen MR) is 118 cm³/mol. The number of aliphatic imine (C=N–C) groups is 1. The van der Waals surface area contributed by atoms with E-state index in [1.54, 1.807) is 18.2 Å². The summed E-state index contributed by atoms with van der Waals surface area (Å²) in [5.74, 6) is 0.104. The standard InChI is InChI=1S/C21H14Cl3NO2S/c1-10(2)12-5-3-11(4-6-12)7-15-21(26)27-20(25-15)19-18(24)17-14(23)8-13(22)9-16(17)28-19/h3-10H,1-2H3/b15-7-. The molecule has 0 spiro atoms. The summed E-state index contributed by atoms with van der Waals surface area (Å²) in [6.45, 7) is 4.26. The van der Waals surface area contributed by atoms with E-state index in [2.05, 4.69) is 18.8 Å². The van der Waals surface area contributed by atoms with Gasteiger partial charge in [0, 0.05) is 15.1 Å². The van der Waals surface area contributed by atoms with E-state index in [1.807, 2.05) is 24.3 Å². The van der Waals surface area contributed by atoms with Crippen molar-refractivity contribution in [3.8, 4) is 0 Å². The fraction of sp³-hybridized carbons (Fsp3) is 0.143. The molecule has 7 heteroatoms. The second-order valence-electron chi connectivity index (χ2n) is 6.66. The first-order chi connectivity index (χ1) is 13.3. The van der Waals surface area contributed by atoms with E-state index in [4.69, 9.17) is 39.5 Å². The Morgan fingerprint density at radius 3 is 2.50 bits per heavy atom. The molecule has 1 aromatic heterocycles. The number of ether oxygens (including phenoxy) is 1. The lowest BCUT2D eigenvalue weighted by Gasteiger charge is -2.04. The number of benzene rings is 2. The molecule has 28 heavy (non-hydrogen) atoms. The van der Waals surface area contributed by atoms with Crippen LogP contribution in [0.4, 0.5) is 0 Å². The minimum atomic E-state index is -0.513. The number of hydrogen-bond donors (Lipinski definition) is 0. The first-order valence-corrected chi connectivity index (χ1v) is 10.5. The second-order valence-corrected chi connectivity index (χ2v) is 8.94. The molecule has 0 saturated carbocycles. The fourth-order valence-corrected chi connectivity index (χ4v) is 5.19. The Labute approximate surface area is 181 Å². The van der Waals surface area contributed by atoms with Gasteiger partial charge in [-0.05, 0) is 35.3 Å². The van der Waals surface area contributed by atoms with Gasteiger partial charge in [0.25, 0.3) is 0 Å². The molecule has 142 valence electrons. The molecule has 4 rings (SSSR count). The van der Waals surface area contributed by atoms with Gasteiger partial charge in [-0.25, -0.2) is 9.79 Å². The van der Waals surface area contributed by atoms with Gasteiger partial charge in [0.05, 0.1) is 10.0 Å². The molecule has 3 nitrogen and oxygen atoms in total. The Morgan fingerprint density at radius 1 is 1.11 bits per heavy atom. The van der Waals surface area contributed by atoms with Crippen molar-refractivity contribution >= 4 is 74.2 Å². The number of rotatable bonds is 3. The van der Waals surface area contributed by atoms with Crippen LogP contribution in [-0.4, -0.2) is 11.9 Å². The van der Waals surface area contributed by atoms with E-state index in [-0.39, 0.29) is 11.6 Å². The molecule has 0 radical (unpaired) electrons. The lowest BCUT2D eigenvalue weighted by molar-refractivity contribution is -0.129. The molecule has 0 saturated heterocycles. The highest BCUT2D eigenvalue weighted by Crippen LogP contribution is 2.42. The minimum absolute atomic E-state index is 0.174. The summed E-state index contributed by atoms with van der Waals surface area (Å²) < 4.78 is 6.17. The number of cyclic esters (lactones) is 1. The van der Waals surface area contributed by atoms with Gasteiger partial charge in [-0.3, -0.25) is 0 Å². The lowest BCUT2D eigenvalue weighted by Crippen LogP contribution is -2.04. The molecule has 3 aromatic rings. The molecule has 0 unspecified atom stereocenters. The zero-order valence-electron chi connectivity index (χ0n) is 14.9. The zero-order chi connectivity index (χ0) is 20.0. The fourth-order valence-electron chi connectivity index (χ4n) is 2.89. The molecular formula is C21H14Cl3NO2S. The van der Waals surface area contributed by atoms with E-state index in [0.29, 0.717) is 31.2 Å². The van der Waals surface area contributed by atoms with Crippen molar-refractivity contribution in [2.24, 2.45) is 4.99 Å². The van der Waals surface area contributed by atoms with Crippen LogP contribution in [0.3, 0.4) is 0 Å². The van der Waals surface area contributed by atoms with Crippen LogP contribution in [0.25, 0.3) is 16.2 Å². The van der Waals surface area contributed by atoms with Crippen molar-refractivity contribution in [2.45, 2.75) is 19.8 Å². The SMILES string of the molecule is CC(C)c1ccc(/C=C2\N=C(c3sc4cc(Cl)cc(Cl)c4c3Cl)OC2=O)cc1. The van der Waals surface area contributed by atoms with Crippen molar-refractivity contribution in [2.75, 3.05) is 0 Å². The first-order valence-electron chi connectivity index (χ1n) is 8.53. The third kappa shape index (κ3) is 3.58. The molecule has 0 aliphatic carbocycles. The van der Waals surface area contributed by atoms with Gasteiger partial charge in [-0.1, -0.05) is 72.9 Å². The third-order valence-corrected chi connectivity index (χ3v) is 6.50. The van der Waals surface area contributed by atoms with Crippen LogP contribution < -0.4 is 0 Å². The number of esters is 1. The van der Waals surface area contributed by atoms with Crippen molar-refractivity contribution < 1.29 is 9.53 Å². The van der Waals surface area contributed by atoms with E-state index < -0.39 is 5.97 Å². The Balaban J connectivity index is 1.72. The maximum Gasteiger partial charge on any atom is 0.363 e. The molecule has 0 bridgehead atoms. The number of carbonyl (C=O) groups is 1. The van der Waals surface area contributed by atoms with E-state index in [1.165, 1.54) is 16.9 Å². The van der Waals surface area contributed by atoms with Crippen LogP contribution in [0.1, 0.15) is 35.8 Å². The van der Waals surface area contributed by atoms with Crippen molar-refractivity contribution in [3.63, 3.8) is 0 Å². The summed E-state index contributed by atoms with van der Waals surface area (Å²) in [6, 6.07) is 11.4. The van der Waals surface area contributed by atoms with Gasteiger partial charge in [0.15, 0.2) is 5.70 Å². The van der Waals surface area contributed by atoms with Crippen LogP contribution in [0.15, 0.2) is 47.1 Å². The lowest BCUT2D eigenvalue weighted by atomic mass is 10.0. The summed E-state index contributed by atoms with van der Waals surface area (Å²) in [4.78, 5) is 17.2. The maximum atomic E-state index is 12.3. The van der Waals surface area contributed by atoms with Gasteiger partial charge in [-0.15, -0.1) is 11.3 Å². The Kier molecular flexibility index (Phi) is 5.23. The topological polar surface area (TPSA) is 38.7 Å². The molecule has 1 aliphatic rings. The highest BCUT2D eigenvalue weighted by atomic mass is 35.5. The Morgan fingerprint density at radius 2 is 1.82 bits per heavy atom. The average Bonchev–Trinajstić information content (AvgIpc) is 3.15. The molecular weight excluding hydrogens is 437 g/mol. The predicted octanol–water partition coefficient (Wildman–Crippen LogP) is 7.33. The maximum absolute atomic E-state index is 12.3. The number of nitrogens with zero attached hydrogens (tertiary/aromatic N) is 1. The summed E-state index contributed by atoms with van der Waals surface area (Å²) in [5.41, 5.74) is 2.33. The number of carbonyl (C=O) groups excluding carboxylic acids is 1. The number of halogens is 3. The number of fused-ring (bicyclic) bond motifs is 1. The Bertz CT molecular complexity index is 1160. The van der Waals surface area contributed by atoms with Gasteiger partial charge in [-0.2, -0.15) is 0 Å². The third-order valence-electron chi connectivity index (χ3n) is 4.37. The summed E-state index contributed by atoms with van der Waals surface area (Å²) in [6.07, 6.45) is 1.70. The average molecular weight is 451 g/mol. The van der Waals surface area contributed by atoms with Crippen molar-refractivity contribution in [1.82, 2.24) is 0 Å². The minimum Gasteiger partial charge on any atom is -0.401 e. The van der Waals surface area contributed by atoms with Gasteiger partial charge >= 0.3 is 5.97 Å². The molecule has 0 fully saturated rings. The smallest absolute Gasteiger partial charge is 0.363 e. The zero-order valence-corrected chi connectivity index (χ0v) is 18.0. The van der Waals surface area contributed by atoms with Gasteiger partial charge in [0.1, 0.15) is 4.88 Å². The van der Waals surface area contributed by atoms with E-state index in [0.717, 1.165) is 10.3 Å². The molecule has 1 aliphatic heterocycles. The van der Waals surface area contributed by atoms with Crippen molar-refractivity contribution in [3.05, 3.63) is 73.2 Å². The quantitative estimate of drug-likeness (QED) is 0.309. The van der Waals surface area contributed by atoms with Crippen LogP contribution in [0.5, 0.6) is 0 Å². The van der Waals surface area contributed by atoms with Gasteiger partial charge < -0.3 is 4.74 Å². The highest BCUT2D eigenvalue weighted by Gasteiger charge is 2.28. The normalized spacial score (nSPS) is 15.6. The monoisotopic (exact) mass is 449 g/mol. The van der Waals surface area contributed by atoms with E-state index in [9.17, 15) is 4.79 Å². The van der Waals surface area contributed by atoms with Crippen LogP contribution in [-0.2, 0) is 9.53 Å². The summed E-state index contributed by atoms with van der Waals surface area (Å²) in [7, 11) is 0. The number of hydrogen-bond acceptors (Lipinski definition) is 4. The summed E-state index contributed by atoms with van der Waals surface area (Å²) >= 11 is 20.2. The number of thiophene rings is 1. The second kappa shape index (κ2) is 7.53. The van der Waals surface area contributed by atoms with Crippen LogP contribution >= 0.6 is 46.1 Å². The largest absolute Gasteiger partial charge is 0.401 e. The van der Waals surface area contributed by atoms with Crippen LogP contribution in [0, 0.1) is 0 Å². The molecule has 0 amide bonds.